The molecule has 0 bridgehead atoms. The van der Waals surface area contributed by atoms with Crippen molar-refractivity contribution < 1.29 is 64.5 Å². The van der Waals surface area contributed by atoms with Gasteiger partial charge < -0.3 is 27.4 Å². The summed E-state index contributed by atoms with van der Waals surface area (Å²) >= 11 is 0. The van der Waals surface area contributed by atoms with Gasteiger partial charge in [0.1, 0.15) is 0 Å². The molecule has 0 saturated carbocycles. The Morgan fingerprint density at radius 3 is 0.462 bits per heavy atom. The van der Waals surface area contributed by atoms with Gasteiger partial charge in [0.15, 0.2) is 0 Å². The van der Waals surface area contributed by atoms with Crippen LogP contribution in [-0.2, 0) is 64.5 Å². The van der Waals surface area contributed by atoms with Crippen molar-refractivity contribution in [2.75, 3.05) is 0 Å². The van der Waals surface area contributed by atoms with Crippen LogP contribution in [0.15, 0.2) is 36.4 Å². The Morgan fingerprint density at radius 2 is 0.385 bits per heavy atom. The first-order valence-electron chi connectivity index (χ1n) is 2.00. The summed E-state index contributed by atoms with van der Waals surface area (Å²) in [5, 5.41) is 0. The molecule has 1 aromatic carbocycles. The van der Waals surface area contributed by atoms with E-state index in [0.717, 1.165) is 0 Å². The van der Waals surface area contributed by atoms with Gasteiger partial charge in [-0.25, -0.2) is 0 Å². The quantitative estimate of drug-likeness (QED) is 0.657. The monoisotopic (exact) mass is 260 g/mol. The van der Waals surface area contributed by atoms with E-state index in [1.807, 2.05) is 36.4 Å². The Balaban J connectivity index is -0.0000000103. The van der Waals surface area contributed by atoms with Gasteiger partial charge in [0.25, 0.3) is 0 Å². The molecule has 0 spiro atoms. The number of rotatable bonds is 0. The van der Waals surface area contributed by atoms with Crippen LogP contribution in [0.25, 0.3) is 0 Å². The first-order valence-corrected chi connectivity index (χ1v) is 2.00. The third kappa shape index (κ3) is 33.0. The summed E-state index contributed by atoms with van der Waals surface area (Å²) in [4.78, 5) is 0. The molecular formula is C6H6O5V2-10. The number of hydrogen-bond donors (Lipinski definition) is 0. The van der Waals surface area contributed by atoms with Gasteiger partial charge in [-0.3, -0.25) is 0 Å². The third-order valence-electron chi connectivity index (χ3n) is 0.667. The smallest absolute Gasteiger partial charge is 0 e. The molecule has 7 heteroatoms. The van der Waals surface area contributed by atoms with Crippen LogP contribution in [0.5, 0.6) is 0 Å². The van der Waals surface area contributed by atoms with Gasteiger partial charge >= 0.3 is 0 Å². The van der Waals surface area contributed by atoms with Crippen molar-refractivity contribution in [2.24, 2.45) is 0 Å². The van der Waals surface area contributed by atoms with Crippen LogP contribution in [0.1, 0.15) is 0 Å². The van der Waals surface area contributed by atoms with E-state index in [4.69, 9.17) is 0 Å². The van der Waals surface area contributed by atoms with E-state index in [1.54, 1.807) is 0 Å². The maximum absolute atomic E-state index is 2.00. The minimum absolute atomic E-state index is 0. The van der Waals surface area contributed by atoms with Crippen molar-refractivity contribution in [3.63, 3.8) is 0 Å². The second kappa shape index (κ2) is 39.8. The molecular weight excluding hydrogens is 254 g/mol. The van der Waals surface area contributed by atoms with Crippen LogP contribution in [0.3, 0.4) is 0 Å². The Kier molecular flexibility index (Phi) is 157. The van der Waals surface area contributed by atoms with Crippen molar-refractivity contribution >= 4 is 0 Å². The Morgan fingerprint density at radius 1 is 0.308 bits per heavy atom. The van der Waals surface area contributed by atoms with Crippen LogP contribution >= 0.6 is 0 Å². The normalized spacial score (nSPS) is 3.69. The van der Waals surface area contributed by atoms with Gasteiger partial charge in [-0.1, -0.05) is 36.4 Å². The van der Waals surface area contributed by atoms with E-state index in [1.165, 1.54) is 0 Å². The first-order chi connectivity index (χ1) is 3.00. The Bertz CT molecular complexity index is 90.9. The topological polar surface area (TPSA) is 142 Å². The molecule has 1 aromatic rings. The van der Waals surface area contributed by atoms with Crippen molar-refractivity contribution in [3.8, 4) is 0 Å². The second-order valence-corrected chi connectivity index (χ2v) is 1.15. The first kappa shape index (κ1) is 51.2. The van der Waals surface area contributed by atoms with Gasteiger partial charge in [-0.05, 0) is 0 Å². The maximum atomic E-state index is 2.00. The third-order valence-corrected chi connectivity index (χ3v) is 0.667. The Hall–Kier alpha value is 0.189. The largest absolute Gasteiger partial charge is 2.00 e. The molecule has 1 rings (SSSR count). The zero-order chi connectivity index (χ0) is 4.24. The van der Waals surface area contributed by atoms with E-state index in [2.05, 4.69) is 0 Å². The minimum atomic E-state index is 0. The molecule has 0 aliphatic carbocycles. The van der Waals surface area contributed by atoms with Crippen LogP contribution < -0.4 is 0 Å². The van der Waals surface area contributed by atoms with E-state index < -0.39 is 0 Å². The molecule has 0 atom stereocenters. The van der Waals surface area contributed by atoms with Gasteiger partial charge in [0.2, 0.25) is 0 Å². The molecule has 5 nitrogen and oxygen atoms in total. The maximum Gasteiger partial charge on any atom is 0 e. The molecule has 0 amide bonds. The average Bonchev–Trinajstić information content (AvgIpc) is 1.72. The summed E-state index contributed by atoms with van der Waals surface area (Å²) < 4.78 is 0. The van der Waals surface area contributed by atoms with E-state index in [-0.39, 0.29) is 64.5 Å². The summed E-state index contributed by atoms with van der Waals surface area (Å²) in [6.07, 6.45) is 0. The minimum Gasteiger partial charge on any atom is -2.00 e. The fourth-order valence-corrected chi connectivity index (χ4v) is 0.385. The molecule has 80 valence electrons. The van der Waals surface area contributed by atoms with Crippen molar-refractivity contribution in [1.82, 2.24) is 0 Å². The molecule has 0 aliphatic heterocycles. The summed E-state index contributed by atoms with van der Waals surface area (Å²) in [7, 11) is 0. The summed E-state index contributed by atoms with van der Waals surface area (Å²) in [5.74, 6) is 0. The van der Waals surface area contributed by atoms with Crippen LogP contribution in [0.4, 0.5) is 0 Å². The molecule has 2 radical (unpaired) electrons. The zero-order valence-corrected chi connectivity index (χ0v) is 9.19. The Labute approximate surface area is 101 Å². The summed E-state index contributed by atoms with van der Waals surface area (Å²) in [5.41, 5.74) is 0. The molecule has 0 heterocycles. The fraction of sp³-hybridized carbons (Fsp3) is 0. The van der Waals surface area contributed by atoms with Crippen LogP contribution in [-0.4, -0.2) is 0 Å². The van der Waals surface area contributed by atoms with E-state index >= 15 is 0 Å². The standard InChI is InChI=1S/C6H6.5O.2V/c1-2-4-6-5-3-1;;;;;;;/h1-6H;;;;;;;/q;5*-2;;. The van der Waals surface area contributed by atoms with Gasteiger partial charge in [-0.2, -0.15) is 0 Å². The van der Waals surface area contributed by atoms with Crippen molar-refractivity contribution in [3.05, 3.63) is 36.4 Å². The van der Waals surface area contributed by atoms with Crippen LogP contribution in [0, 0.1) is 0 Å². The van der Waals surface area contributed by atoms with Gasteiger partial charge in [0.05, 0.1) is 0 Å². The molecule has 0 fully saturated rings. The second-order valence-electron chi connectivity index (χ2n) is 1.15. The average molecular weight is 260 g/mol. The number of benzene rings is 1. The molecule has 0 N–H and O–H groups in total. The molecule has 0 aromatic heterocycles. The molecule has 0 unspecified atom stereocenters. The van der Waals surface area contributed by atoms with Gasteiger partial charge in [0, 0.05) is 37.1 Å². The molecule has 0 aliphatic rings. The predicted octanol–water partition coefficient (Wildman–Crippen LogP) is 1.09. The van der Waals surface area contributed by atoms with Crippen molar-refractivity contribution in [2.45, 2.75) is 0 Å². The SMILES string of the molecule is [O-2].[O-2].[O-2].[O-2].[O-2].[V].[V].c1ccccc1. The molecule has 0 saturated heterocycles. The fourth-order valence-electron chi connectivity index (χ4n) is 0.385. The predicted molar refractivity (Wildman–Crippen MR) is 29.9 cm³/mol. The summed E-state index contributed by atoms with van der Waals surface area (Å²) in [6, 6.07) is 12.0. The zero-order valence-electron chi connectivity index (χ0n) is 6.40. The number of hydrogen-bond acceptors (Lipinski definition) is 0. The van der Waals surface area contributed by atoms with Crippen molar-refractivity contribution in [1.29, 1.82) is 0 Å². The summed E-state index contributed by atoms with van der Waals surface area (Å²) in [6.45, 7) is 0. The molecule has 13 heavy (non-hydrogen) atoms. The van der Waals surface area contributed by atoms with E-state index in [0.29, 0.717) is 0 Å². The van der Waals surface area contributed by atoms with Crippen LogP contribution in [0.2, 0.25) is 0 Å². The van der Waals surface area contributed by atoms with E-state index in [9.17, 15) is 0 Å². The van der Waals surface area contributed by atoms with Gasteiger partial charge in [-0.15, -0.1) is 0 Å².